The van der Waals surface area contributed by atoms with Crippen molar-refractivity contribution in [2.75, 3.05) is 11.1 Å². The van der Waals surface area contributed by atoms with Gasteiger partial charge in [0, 0.05) is 23.2 Å². The molecule has 0 atom stereocenters. The van der Waals surface area contributed by atoms with E-state index in [2.05, 4.69) is 45.9 Å². The second-order valence-corrected chi connectivity index (χ2v) is 7.74. The molecule has 1 amide bonds. The smallest absolute Gasteiger partial charge is 0.225 e. The van der Waals surface area contributed by atoms with Gasteiger partial charge in [0.15, 0.2) is 10.8 Å². The molecule has 0 aliphatic heterocycles. The molecule has 0 unspecified atom stereocenters. The van der Waals surface area contributed by atoms with E-state index in [4.69, 9.17) is 0 Å². The molecular formula is C22H22N4OS. The van der Waals surface area contributed by atoms with E-state index in [0.29, 0.717) is 12.2 Å². The Morgan fingerprint density at radius 3 is 2.75 bits per heavy atom. The number of benzene rings is 2. The number of fused-ring (bicyclic) bond motifs is 3. The lowest BCUT2D eigenvalue weighted by molar-refractivity contribution is -0.115. The highest BCUT2D eigenvalue weighted by Gasteiger charge is 2.12. The van der Waals surface area contributed by atoms with Gasteiger partial charge in [-0.15, -0.1) is 10.2 Å². The van der Waals surface area contributed by atoms with Crippen LogP contribution < -0.4 is 5.32 Å². The summed E-state index contributed by atoms with van der Waals surface area (Å²) < 4.78 is 2.07. The van der Waals surface area contributed by atoms with Gasteiger partial charge in [0.25, 0.3) is 0 Å². The van der Waals surface area contributed by atoms with Crippen molar-refractivity contribution < 1.29 is 4.79 Å². The Kier molecular flexibility index (Phi) is 5.30. The average molecular weight is 391 g/mol. The number of thioether (sulfide) groups is 1. The van der Waals surface area contributed by atoms with E-state index >= 15 is 0 Å². The lowest BCUT2D eigenvalue weighted by Crippen LogP contribution is -2.13. The highest BCUT2D eigenvalue weighted by Crippen LogP contribution is 2.26. The predicted octanol–water partition coefficient (Wildman–Crippen LogP) is 4.87. The Morgan fingerprint density at radius 2 is 1.89 bits per heavy atom. The standard InChI is InChI=1S/C22H22N4OS/c1-3-16-8-4-6-10-18(16)23-21(27)12-13-28-22-25-24-20-14-15(2)17-9-5-7-11-19(17)26(20)22/h4-11,14H,3,12-13H2,1-2H3,(H,23,27). The van der Waals surface area contributed by atoms with Gasteiger partial charge in [-0.1, -0.05) is 55.1 Å². The Bertz CT molecular complexity index is 1150. The van der Waals surface area contributed by atoms with Crippen molar-refractivity contribution in [3.63, 3.8) is 0 Å². The van der Waals surface area contributed by atoms with E-state index in [1.165, 1.54) is 10.9 Å². The highest BCUT2D eigenvalue weighted by molar-refractivity contribution is 7.99. The van der Waals surface area contributed by atoms with Gasteiger partial charge >= 0.3 is 0 Å². The molecule has 28 heavy (non-hydrogen) atoms. The molecule has 0 spiro atoms. The predicted molar refractivity (Wildman–Crippen MR) is 115 cm³/mol. The number of para-hydroxylation sites is 2. The molecule has 0 fully saturated rings. The monoisotopic (exact) mass is 390 g/mol. The lowest BCUT2D eigenvalue weighted by Gasteiger charge is -2.09. The van der Waals surface area contributed by atoms with Crippen LogP contribution in [0, 0.1) is 6.92 Å². The molecule has 4 rings (SSSR count). The second-order valence-electron chi connectivity index (χ2n) is 6.68. The number of rotatable bonds is 6. The van der Waals surface area contributed by atoms with Crippen LogP contribution in [0.3, 0.4) is 0 Å². The van der Waals surface area contributed by atoms with Crippen LogP contribution in [-0.4, -0.2) is 26.3 Å². The summed E-state index contributed by atoms with van der Waals surface area (Å²) >= 11 is 1.55. The van der Waals surface area contributed by atoms with Crippen LogP contribution in [0.5, 0.6) is 0 Å². The summed E-state index contributed by atoms with van der Waals surface area (Å²) in [4.78, 5) is 12.4. The molecule has 0 saturated carbocycles. The lowest BCUT2D eigenvalue weighted by atomic mass is 10.1. The van der Waals surface area contributed by atoms with E-state index in [1.54, 1.807) is 11.8 Å². The Labute approximate surface area is 168 Å². The minimum Gasteiger partial charge on any atom is -0.326 e. The number of amides is 1. The number of nitrogens with one attached hydrogen (secondary N) is 1. The van der Waals surface area contributed by atoms with Crippen molar-refractivity contribution in [2.45, 2.75) is 31.8 Å². The van der Waals surface area contributed by atoms with Gasteiger partial charge in [-0.05, 0) is 42.7 Å². The number of hydrogen-bond donors (Lipinski definition) is 1. The molecule has 4 aromatic rings. The number of pyridine rings is 1. The Morgan fingerprint density at radius 1 is 1.11 bits per heavy atom. The van der Waals surface area contributed by atoms with E-state index in [1.807, 2.05) is 42.5 Å². The minimum absolute atomic E-state index is 0.0166. The number of anilines is 1. The van der Waals surface area contributed by atoms with Crippen LogP contribution >= 0.6 is 11.8 Å². The molecule has 0 radical (unpaired) electrons. The molecule has 5 nitrogen and oxygen atoms in total. The number of hydrogen-bond acceptors (Lipinski definition) is 4. The first kappa shape index (κ1) is 18.5. The van der Waals surface area contributed by atoms with Crippen molar-refractivity contribution >= 4 is 39.9 Å². The quantitative estimate of drug-likeness (QED) is 0.477. The fourth-order valence-corrected chi connectivity index (χ4v) is 4.26. The van der Waals surface area contributed by atoms with Crippen LogP contribution in [0.4, 0.5) is 5.69 Å². The SMILES string of the molecule is CCc1ccccc1NC(=O)CCSc1nnc2cc(C)c3ccccc3n12. The normalized spacial score (nSPS) is 11.2. The fraction of sp³-hybridized carbons (Fsp3) is 0.227. The molecule has 142 valence electrons. The van der Waals surface area contributed by atoms with E-state index in [0.717, 1.165) is 34.0 Å². The van der Waals surface area contributed by atoms with Crippen LogP contribution in [0.25, 0.3) is 16.6 Å². The Balaban J connectivity index is 1.48. The van der Waals surface area contributed by atoms with Crippen molar-refractivity contribution in [1.29, 1.82) is 0 Å². The van der Waals surface area contributed by atoms with E-state index in [-0.39, 0.29) is 5.91 Å². The van der Waals surface area contributed by atoms with Crippen molar-refractivity contribution in [2.24, 2.45) is 0 Å². The maximum absolute atomic E-state index is 12.4. The molecule has 0 aliphatic carbocycles. The number of carbonyl (C=O) groups excluding carboxylic acids is 1. The van der Waals surface area contributed by atoms with Gasteiger partial charge in [-0.25, -0.2) is 0 Å². The highest BCUT2D eigenvalue weighted by atomic mass is 32.2. The number of nitrogens with zero attached hydrogens (tertiary/aromatic N) is 3. The third-order valence-electron chi connectivity index (χ3n) is 4.81. The molecule has 1 N–H and O–H groups in total. The zero-order valence-electron chi connectivity index (χ0n) is 16.0. The molecular weight excluding hydrogens is 368 g/mol. The molecule has 0 aliphatic rings. The maximum Gasteiger partial charge on any atom is 0.225 e. The molecule has 2 aromatic heterocycles. The van der Waals surface area contributed by atoms with Crippen molar-refractivity contribution in [3.05, 3.63) is 65.7 Å². The van der Waals surface area contributed by atoms with Crippen LogP contribution in [0.1, 0.15) is 24.5 Å². The third-order valence-corrected chi connectivity index (χ3v) is 5.74. The summed E-state index contributed by atoms with van der Waals surface area (Å²) in [5.74, 6) is 0.659. The summed E-state index contributed by atoms with van der Waals surface area (Å²) in [5, 5.41) is 13.7. The van der Waals surface area contributed by atoms with E-state index in [9.17, 15) is 4.79 Å². The summed E-state index contributed by atoms with van der Waals surface area (Å²) in [7, 11) is 0. The zero-order valence-corrected chi connectivity index (χ0v) is 16.8. The first-order valence-electron chi connectivity index (χ1n) is 9.41. The van der Waals surface area contributed by atoms with Gasteiger partial charge in [0.05, 0.1) is 5.52 Å². The van der Waals surface area contributed by atoms with Crippen molar-refractivity contribution in [3.8, 4) is 0 Å². The Hall–Kier alpha value is -2.86. The molecule has 2 heterocycles. The van der Waals surface area contributed by atoms with Crippen molar-refractivity contribution in [1.82, 2.24) is 14.6 Å². The third kappa shape index (κ3) is 3.60. The van der Waals surface area contributed by atoms with Gasteiger partial charge < -0.3 is 5.32 Å². The topological polar surface area (TPSA) is 59.3 Å². The summed E-state index contributed by atoms with van der Waals surface area (Å²) in [6, 6.07) is 18.2. The molecule has 2 aromatic carbocycles. The summed E-state index contributed by atoms with van der Waals surface area (Å²) in [5.41, 5.74) is 5.15. The van der Waals surface area contributed by atoms with Gasteiger partial charge in [0.2, 0.25) is 5.91 Å². The molecule has 0 saturated heterocycles. The zero-order chi connectivity index (χ0) is 19.5. The number of carbonyl (C=O) groups is 1. The number of aryl methyl sites for hydroxylation is 2. The minimum atomic E-state index is 0.0166. The summed E-state index contributed by atoms with van der Waals surface area (Å²) in [6.45, 7) is 4.17. The molecule has 0 bridgehead atoms. The second kappa shape index (κ2) is 8.02. The van der Waals surface area contributed by atoms with Gasteiger partial charge in [0.1, 0.15) is 0 Å². The van der Waals surface area contributed by atoms with Gasteiger partial charge in [-0.3, -0.25) is 9.20 Å². The molecule has 6 heteroatoms. The van der Waals surface area contributed by atoms with Gasteiger partial charge in [-0.2, -0.15) is 0 Å². The van der Waals surface area contributed by atoms with E-state index < -0.39 is 0 Å². The first-order chi connectivity index (χ1) is 13.7. The van der Waals surface area contributed by atoms with Crippen LogP contribution in [0.15, 0.2) is 59.8 Å². The average Bonchev–Trinajstić information content (AvgIpc) is 3.11. The van der Waals surface area contributed by atoms with Crippen LogP contribution in [0.2, 0.25) is 0 Å². The first-order valence-corrected chi connectivity index (χ1v) is 10.4. The summed E-state index contributed by atoms with van der Waals surface area (Å²) in [6.07, 6.45) is 1.31. The van der Waals surface area contributed by atoms with Crippen LogP contribution in [-0.2, 0) is 11.2 Å². The largest absolute Gasteiger partial charge is 0.326 e. The number of aromatic nitrogens is 3. The fourth-order valence-electron chi connectivity index (χ4n) is 3.37. The maximum atomic E-state index is 12.4.